The number of benzene rings is 3. The number of alkyl carbamates (subject to hydrolysis) is 2. The van der Waals surface area contributed by atoms with Gasteiger partial charge in [0.05, 0.1) is 72.6 Å². The smallest absolute Gasteiger partial charge is 0.407 e. The third-order valence-electron chi connectivity index (χ3n) is 14.0. The average molecular weight is 924 g/mol. The van der Waals surface area contributed by atoms with Crippen LogP contribution in [0.25, 0.3) is 11.0 Å². The summed E-state index contributed by atoms with van der Waals surface area (Å²) in [4.78, 5) is 70.8. The Labute approximate surface area is 390 Å². The minimum atomic E-state index is -0.954. The number of carbonyl (C=O) groups is 4. The Kier molecular flexibility index (Phi) is 14.3. The minimum absolute atomic E-state index is 0.204. The summed E-state index contributed by atoms with van der Waals surface area (Å²) in [5.41, 5.74) is 6.27. The van der Waals surface area contributed by atoms with Gasteiger partial charge in [-0.2, -0.15) is 0 Å². The number of H-pyrrole nitrogens is 1. The molecule has 0 spiro atoms. The first-order valence-electron chi connectivity index (χ1n) is 23.2. The second-order valence-corrected chi connectivity index (χ2v) is 18.0. The van der Waals surface area contributed by atoms with Crippen LogP contribution in [0.4, 0.5) is 31.0 Å². The molecule has 1 aromatic heterocycles. The maximum absolute atomic E-state index is 16.5. The number of nitrogens with zero attached hydrogens (tertiary/aromatic N) is 5. The van der Waals surface area contributed by atoms with E-state index in [4.69, 9.17) is 23.9 Å². The molecule has 0 unspecified atom stereocenters. The number of likely N-dealkylation sites (tertiary alicyclic amines) is 2. The third-order valence-corrected chi connectivity index (χ3v) is 14.0. The molecule has 0 bridgehead atoms. The second kappa shape index (κ2) is 20.3. The van der Waals surface area contributed by atoms with Crippen molar-refractivity contribution in [2.24, 2.45) is 4.99 Å². The lowest BCUT2D eigenvalue weighted by atomic mass is 10.0. The highest BCUT2D eigenvalue weighted by molar-refractivity contribution is 5.88. The van der Waals surface area contributed by atoms with Gasteiger partial charge in [-0.15, -0.1) is 0 Å². The van der Waals surface area contributed by atoms with E-state index in [1.54, 1.807) is 29.7 Å². The van der Waals surface area contributed by atoms with E-state index >= 15 is 4.39 Å². The van der Waals surface area contributed by atoms with Crippen LogP contribution in [0.5, 0.6) is 0 Å². The molecule has 3 aromatic carbocycles. The zero-order valence-corrected chi connectivity index (χ0v) is 39.1. The number of carbonyl (C=O) groups excluding carboxylic acids is 4. The van der Waals surface area contributed by atoms with E-state index in [0.717, 1.165) is 66.2 Å². The Morgan fingerprint density at radius 3 is 1.96 bits per heavy atom. The fraction of sp³-hybridized carbons (Fsp3) is 0.510. The molecule has 3 aliphatic heterocycles. The molecule has 4 fully saturated rings. The van der Waals surface area contributed by atoms with Gasteiger partial charge >= 0.3 is 12.2 Å². The number of aromatic amines is 1. The summed E-state index contributed by atoms with van der Waals surface area (Å²) in [5.74, 6) is 0.191. The molecule has 17 nitrogen and oxygen atoms in total. The number of methoxy groups -OCH3 is 4. The van der Waals surface area contributed by atoms with Gasteiger partial charge in [-0.3, -0.25) is 14.6 Å². The van der Waals surface area contributed by atoms with E-state index in [1.165, 1.54) is 28.4 Å². The van der Waals surface area contributed by atoms with Crippen LogP contribution in [0, 0.1) is 5.82 Å². The molecule has 358 valence electrons. The molecule has 8 rings (SSSR count). The Hall–Kier alpha value is -6.27. The Morgan fingerprint density at radius 1 is 0.746 bits per heavy atom. The summed E-state index contributed by atoms with van der Waals surface area (Å²) >= 11 is 0. The highest BCUT2D eigenvalue weighted by Crippen LogP contribution is 2.50. The van der Waals surface area contributed by atoms with Gasteiger partial charge in [0, 0.05) is 27.3 Å². The quantitative estimate of drug-likeness (QED) is 0.0812. The van der Waals surface area contributed by atoms with Gasteiger partial charge in [0.25, 0.3) is 0 Å². The number of rotatable bonds is 16. The average Bonchev–Trinajstić information content (AvgIpc) is 3.68. The van der Waals surface area contributed by atoms with Gasteiger partial charge in [0.2, 0.25) is 11.8 Å². The van der Waals surface area contributed by atoms with Crippen LogP contribution < -0.4 is 20.9 Å². The van der Waals surface area contributed by atoms with Crippen LogP contribution in [-0.4, -0.2) is 122 Å². The Balaban J connectivity index is 1.07. The highest BCUT2D eigenvalue weighted by Gasteiger charge is 2.41. The van der Waals surface area contributed by atoms with E-state index in [0.29, 0.717) is 54.7 Å². The van der Waals surface area contributed by atoms with Gasteiger partial charge in [0.15, 0.2) is 0 Å². The molecule has 67 heavy (non-hydrogen) atoms. The number of hydrogen-bond acceptors (Lipinski definition) is 12. The van der Waals surface area contributed by atoms with Crippen molar-refractivity contribution in [3.63, 3.8) is 0 Å². The molecule has 4 aromatic rings. The number of amides is 4. The monoisotopic (exact) mass is 923 g/mol. The summed E-state index contributed by atoms with van der Waals surface area (Å²) in [6.07, 6.45) is 3.42. The lowest BCUT2D eigenvalue weighted by molar-refractivity contribution is -0.138. The summed E-state index contributed by atoms with van der Waals surface area (Å²) in [7, 11) is 5.47. The standard InChI is InChI=1S/C49H62FN9O8/c1-27(64-4)43(55-48(62)66-6)46(60)57-22-8-10-41(57)45-53-35-18-15-32(26-37(35)54-45)39-21-20-38(59(39)40-19-16-30(24-33(40)50)29-12-13-29)31-14-17-34(36(25-31)51-3)52-42-11-9-23-58(42)47(61)44(28(2)65-5)56-49(63)67-7/h14-19,24-29,38-39,41-44,52H,3,8-13,20-23H2,1-2,4-7H3,(H,53,54)(H,55,62)(H,56,63)/t27-,28-,38+,39+,41+,42+,43+,44+/m1/s1. The van der Waals surface area contributed by atoms with Gasteiger partial charge in [-0.1, -0.05) is 18.2 Å². The van der Waals surface area contributed by atoms with Crippen molar-refractivity contribution in [1.82, 2.24) is 30.4 Å². The largest absolute Gasteiger partial charge is 0.453 e. The fourth-order valence-electron chi connectivity index (χ4n) is 10.1. The lowest BCUT2D eigenvalue weighted by Crippen LogP contribution is -2.56. The van der Waals surface area contributed by atoms with Crippen molar-refractivity contribution in [3.8, 4) is 0 Å². The molecular weight excluding hydrogens is 862 g/mol. The predicted molar refractivity (Wildman–Crippen MR) is 251 cm³/mol. The molecule has 1 saturated carbocycles. The predicted octanol–water partition coefficient (Wildman–Crippen LogP) is 7.54. The molecule has 0 radical (unpaired) electrons. The van der Waals surface area contributed by atoms with Crippen LogP contribution in [0.15, 0.2) is 59.6 Å². The highest BCUT2D eigenvalue weighted by atomic mass is 19.1. The maximum Gasteiger partial charge on any atom is 0.407 e. The van der Waals surface area contributed by atoms with Crippen molar-refractivity contribution < 1.29 is 42.5 Å². The number of hydrogen-bond donors (Lipinski definition) is 4. The molecule has 4 heterocycles. The molecule has 1 aliphatic carbocycles. The van der Waals surface area contributed by atoms with E-state index < -0.39 is 36.5 Å². The maximum atomic E-state index is 16.5. The van der Waals surface area contributed by atoms with E-state index in [-0.39, 0.29) is 41.9 Å². The Morgan fingerprint density at radius 2 is 1.34 bits per heavy atom. The van der Waals surface area contributed by atoms with Crippen molar-refractivity contribution in [1.29, 1.82) is 0 Å². The molecule has 8 atom stereocenters. The van der Waals surface area contributed by atoms with Crippen molar-refractivity contribution in [3.05, 3.63) is 82.9 Å². The lowest BCUT2D eigenvalue weighted by Gasteiger charge is -2.34. The molecule has 18 heteroatoms. The van der Waals surface area contributed by atoms with E-state index in [9.17, 15) is 19.2 Å². The zero-order valence-electron chi connectivity index (χ0n) is 39.1. The van der Waals surface area contributed by atoms with Gasteiger partial charge in [-0.05, 0) is 131 Å². The number of aromatic nitrogens is 2. The van der Waals surface area contributed by atoms with Crippen molar-refractivity contribution >= 4 is 58.8 Å². The summed E-state index contributed by atoms with van der Waals surface area (Å²) in [5, 5.41) is 8.79. The first-order chi connectivity index (χ1) is 32.4. The van der Waals surface area contributed by atoms with Gasteiger partial charge in [0.1, 0.15) is 29.9 Å². The fourth-order valence-corrected chi connectivity index (χ4v) is 10.1. The summed E-state index contributed by atoms with van der Waals surface area (Å²) in [6, 6.07) is 15.0. The second-order valence-electron chi connectivity index (χ2n) is 18.0. The minimum Gasteiger partial charge on any atom is -0.453 e. The number of ether oxygens (including phenoxy) is 4. The van der Waals surface area contributed by atoms with Crippen LogP contribution in [0.3, 0.4) is 0 Å². The van der Waals surface area contributed by atoms with Crippen LogP contribution in [0.2, 0.25) is 0 Å². The summed E-state index contributed by atoms with van der Waals surface area (Å²) in [6.45, 7) is 8.33. The Bertz CT molecular complexity index is 2480. The van der Waals surface area contributed by atoms with Gasteiger partial charge in [-0.25, -0.2) is 19.0 Å². The van der Waals surface area contributed by atoms with Crippen molar-refractivity contribution in [2.75, 3.05) is 51.7 Å². The number of imidazole rings is 1. The first kappa shape index (κ1) is 47.2. The van der Waals surface area contributed by atoms with E-state index in [1.807, 2.05) is 30.3 Å². The third kappa shape index (κ3) is 9.77. The number of nitrogens with one attached hydrogen (secondary N) is 4. The number of anilines is 2. The SMILES string of the molecule is C=Nc1cc([C@@H]2CC[C@@H](c3ccc4nc([C@@H]5CCCN5C(=O)[C@@H](NC(=O)OC)[C@@H](C)OC)[nH]c4c3)N2c2ccc(C3CC3)cc2F)ccc1N[C@@H]1CCCN1C(=O)[C@@H](NC(=O)OC)[C@@H](C)OC. The summed E-state index contributed by atoms with van der Waals surface area (Å²) < 4.78 is 37.0. The zero-order chi connectivity index (χ0) is 47.5. The van der Waals surface area contributed by atoms with Crippen LogP contribution in [0.1, 0.15) is 112 Å². The molecule has 4 amide bonds. The van der Waals surface area contributed by atoms with Gasteiger partial charge < -0.3 is 54.6 Å². The molecular formula is C49H62FN9O8. The first-order valence-corrected chi connectivity index (χ1v) is 23.2. The van der Waals surface area contributed by atoms with E-state index in [2.05, 4.69) is 55.7 Å². The molecule has 4 N–H and O–H groups in total. The number of fused-ring (bicyclic) bond motifs is 1. The van der Waals surface area contributed by atoms with Crippen molar-refractivity contribution in [2.45, 2.75) is 120 Å². The van der Waals surface area contributed by atoms with Crippen LogP contribution >= 0.6 is 0 Å². The van der Waals surface area contributed by atoms with Crippen LogP contribution in [-0.2, 0) is 28.5 Å². The number of aliphatic imine (C=N–C) groups is 1. The topological polar surface area (TPSA) is 192 Å². The number of halogens is 1. The molecule has 3 saturated heterocycles. The normalized spacial score (nSPS) is 22.3. The molecule has 4 aliphatic rings.